The van der Waals surface area contributed by atoms with Crippen LogP contribution in [-0.4, -0.2) is 52.4 Å². The van der Waals surface area contributed by atoms with Gasteiger partial charge in [0.25, 0.3) is 11.8 Å². The summed E-state index contributed by atoms with van der Waals surface area (Å²) >= 11 is 6.04. The summed E-state index contributed by atoms with van der Waals surface area (Å²) in [6.45, 7) is 2.62. The van der Waals surface area contributed by atoms with Crippen molar-refractivity contribution >= 4 is 34.3 Å². The fraction of sp³-hybridized carbons (Fsp3) is 0.185. The van der Waals surface area contributed by atoms with Crippen LogP contribution >= 0.6 is 11.6 Å². The van der Waals surface area contributed by atoms with Crippen molar-refractivity contribution in [2.45, 2.75) is 6.54 Å². The molecule has 1 aliphatic rings. The molecule has 0 radical (unpaired) electrons. The third kappa shape index (κ3) is 4.37. The molecule has 0 N–H and O–H groups in total. The minimum Gasteiger partial charge on any atom is -0.335 e. The Hall–Kier alpha value is -3.57. The van der Waals surface area contributed by atoms with Crippen LogP contribution < -0.4 is 0 Å². The predicted molar refractivity (Wildman–Crippen MR) is 131 cm³/mol. The Morgan fingerprint density at radius 1 is 0.727 bits per heavy atom. The van der Waals surface area contributed by atoms with Gasteiger partial charge in [-0.2, -0.15) is 0 Å². The highest BCUT2D eigenvalue weighted by Crippen LogP contribution is 2.23. The molecule has 6 heteroatoms. The van der Waals surface area contributed by atoms with Crippen molar-refractivity contribution in [2.24, 2.45) is 0 Å². The molecule has 2 amide bonds. The van der Waals surface area contributed by atoms with Crippen LogP contribution in [0.25, 0.3) is 10.9 Å². The number of fused-ring (bicyclic) bond motifs is 1. The highest BCUT2D eigenvalue weighted by atomic mass is 35.5. The summed E-state index contributed by atoms with van der Waals surface area (Å²) < 4.78 is 2.09. The van der Waals surface area contributed by atoms with Gasteiger partial charge in [0, 0.05) is 54.2 Å². The second kappa shape index (κ2) is 9.12. The fourth-order valence-corrected chi connectivity index (χ4v) is 4.59. The molecule has 2 heterocycles. The lowest BCUT2D eigenvalue weighted by atomic mass is 10.1. The highest BCUT2D eigenvalue weighted by molar-refractivity contribution is 6.30. The van der Waals surface area contributed by atoms with Crippen LogP contribution in [0.3, 0.4) is 0 Å². The van der Waals surface area contributed by atoms with E-state index in [9.17, 15) is 9.59 Å². The van der Waals surface area contributed by atoms with Crippen molar-refractivity contribution in [3.8, 4) is 0 Å². The van der Waals surface area contributed by atoms with Crippen LogP contribution in [0.4, 0.5) is 0 Å². The van der Waals surface area contributed by atoms with E-state index in [-0.39, 0.29) is 11.8 Å². The van der Waals surface area contributed by atoms with Gasteiger partial charge in [0.15, 0.2) is 0 Å². The van der Waals surface area contributed by atoms with Gasteiger partial charge in [0.05, 0.1) is 0 Å². The van der Waals surface area contributed by atoms with Crippen LogP contribution in [0.1, 0.15) is 26.4 Å². The Bertz CT molecular complexity index is 1310. The van der Waals surface area contributed by atoms with E-state index in [2.05, 4.69) is 22.8 Å². The van der Waals surface area contributed by atoms with Crippen LogP contribution in [-0.2, 0) is 6.54 Å². The number of carbonyl (C=O) groups is 2. The van der Waals surface area contributed by atoms with Crippen LogP contribution in [0.2, 0.25) is 5.02 Å². The number of piperazine rings is 1. The Morgan fingerprint density at radius 3 is 2.12 bits per heavy atom. The van der Waals surface area contributed by atoms with E-state index in [1.54, 1.807) is 29.2 Å². The zero-order chi connectivity index (χ0) is 22.8. The summed E-state index contributed by atoms with van der Waals surface area (Å²) in [5.74, 6) is -0.0558. The van der Waals surface area contributed by atoms with E-state index in [0.29, 0.717) is 49.0 Å². The number of rotatable bonds is 4. The molecule has 5 nitrogen and oxygen atoms in total. The first-order valence-electron chi connectivity index (χ1n) is 11.1. The quantitative estimate of drug-likeness (QED) is 0.435. The first kappa shape index (κ1) is 21.3. The SMILES string of the molecule is O=C(c1cccc(Cl)c1)N1CCN(C(=O)c2cc3ccccc3n2Cc2ccccc2)CC1. The van der Waals surface area contributed by atoms with Crippen molar-refractivity contribution in [1.29, 1.82) is 0 Å². The average molecular weight is 458 g/mol. The fourth-order valence-electron chi connectivity index (χ4n) is 4.40. The minimum atomic E-state index is -0.0530. The third-order valence-electron chi connectivity index (χ3n) is 6.14. The van der Waals surface area contributed by atoms with E-state index < -0.39 is 0 Å². The number of benzene rings is 3. The summed E-state index contributed by atoms with van der Waals surface area (Å²) in [4.78, 5) is 30.0. The lowest BCUT2D eigenvalue weighted by Gasteiger charge is -2.35. The largest absolute Gasteiger partial charge is 0.335 e. The molecule has 0 aliphatic carbocycles. The molecule has 1 aromatic heterocycles. The number of nitrogens with zero attached hydrogens (tertiary/aromatic N) is 3. The van der Waals surface area contributed by atoms with Gasteiger partial charge in [0.2, 0.25) is 0 Å². The molecule has 1 fully saturated rings. The number of carbonyl (C=O) groups excluding carboxylic acids is 2. The molecule has 5 rings (SSSR count). The predicted octanol–water partition coefficient (Wildman–Crippen LogP) is 4.94. The molecule has 3 aromatic carbocycles. The van der Waals surface area contributed by atoms with Gasteiger partial charge in [0.1, 0.15) is 5.69 Å². The zero-order valence-electron chi connectivity index (χ0n) is 18.2. The Balaban J connectivity index is 1.35. The third-order valence-corrected chi connectivity index (χ3v) is 6.37. The number of aromatic nitrogens is 1. The van der Waals surface area contributed by atoms with E-state index >= 15 is 0 Å². The first-order valence-corrected chi connectivity index (χ1v) is 11.4. The highest BCUT2D eigenvalue weighted by Gasteiger charge is 2.27. The normalized spacial score (nSPS) is 14.0. The monoisotopic (exact) mass is 457 g/mol. The number of amides is 2. The van der Waals surface area contributed by atoms with Crippen LogP contribution in [0, 0.1) is 0 Å². The lowest BCUT2D eigenvalue weighted by molar-refractivity contribution is 0.0530. The van der Waals surface area contributed by atoms with E-state index in [4.69, 9.17) is 11.6 Å². The summed E-state index contributed by atoms with van der Waals surface area (Å²) in [5, 5.41) is 1.59. The maximum absolute atomic E-state index is 13.6. The molecule has 0 unspecified atom stereocenters. The molecule has 4 aromatic rings. The van der Waals surface area contributed by atoms with Crippen molar-refractivity contribution in [3.05, 3.63) is 107 Å². The summed E-state index contributed by atoms with van der Waals surface area (Å²) in [6.07, 6.45) is 0. The Labute approximate surface area is 197 Å². The molecular formula is C27H24ClN3O2. The smallest absolute Gasteiger partial charge is 0.270 e. The Morgan fingerprint density at radius 2 is 1.39 bits per heavy atom. The molecule has 1 aliphatic heterocycles. The van der Waals surface area contributed by atoms with Crippen molar-refractivity contribution in [1.82, 2.24) is 14.4 Å². The van der Waals surface area contributed by atoms with Gasteiger partial charge >= 0.3 is 0 Å². The lowest BCUT2D eigenvalue weighted by Crippen LogP contribution is -2.50. The number of para-hydroxylation sites is 1. The molecule has 0 bridgehead atoms. The average Bonchev–Trinajstić information content (AvgIpc) is 3.22. The summed E-state index contributed by atoms with van der Waals surface area (Å²) in [7, 11) is 0. The van der Waals surface area contributed by atoms with E-state index in [0.717, 1.165) is 16.5 Å². The second-order valence-electron chi connectivity index (χ2n) is 8.25. The molecule has 166 valence electrons. The van der Waals surface area contributed by atoms with Gasteiger partial charge in [-0.05, 0) is 35.9 Å². The summed E-state index contributed by atoms with van der Waals surface area (Å²) in [5.41, 5.74) is 3.43. The van der Waals surface area contributed by atoms with Gasteiger partial charge in [-0.15, -0.1) is 0 Å². The van der Waals surface area contributed by atoms with Crippen LogP contribution in [0.5, 0.6) is 0 Å². The molecule has 0 spiro atoms. The topological polar surface area (TPSA) is 45.6 Å². The molecule has 0 atom stereocenters. The number of halogens is 1. The summed E-state index contributed by atoms with van der Waals surface area (Å²) in [6, 6.07) is 27.2. The standard InChI is InChI=1S/C27H24ClN3O2/c28-23-11-6-10-22(17-23)26(32)29-13-15-30(16-14-29)27(33)25-18-21-9-4-5-12-24(21)31(25)19-20-7-2-1-3-8-20/h1-12,17-18H,13-16,19H2. The number of hydrogen-bond acceptors (Lipinski definition) is 2. The van der Waals surface area contributed by atoms with E-state index in [1.807, 2.05) is 47.4 Å². The van der Waals surface area contributed by atoms with E-state index in [1.165, 1.54) is 0 Å². The second-order valence-corrected chi connectivity index (χ2v) is 8.69. The molecule has 0 saturated carbocycles. The van der Waals surface area contributed by atoms with Crippen molar-refractivity contribution < 1.29 is 9.59 Å². The first-order chi connectivity index (χ1) is 16.1. The van der Waals surface area contributed by atoms with Crippen molar-refractivity contribution in [2.75, 3.05) is 26.2 Å². The molecular weight excluding hydrogens is 434 g/mol. The van der Waals surface area contributed by atoms with Gasteiger partial charge in [-0.1, -0.05) is 66.2 Å². The van der Waals surface area contributed by atoms with Crippen LogP contribution in [0.15, 0.2) is 84.9 Å². The molecule has 1 saturated heterocycles. The van der Waals surface area contributed by atoms with Gasteiger partial charge in [-0.25, -0.2) is 0 Å². The van der Waals surface area contributed by atoms with Gasteiger partial charge in [-0.3, -0.25) is 9.59 Å². The molecule has 33 heavy (non-hydrogen) atoms. The minimum absolute atomic E-state index is 0.00279. The maximum Gasteiger partial charge on any atom is 0.270 e. The maximum atomic E-state index is 13.6. The van der Waals surface area contributed by atoms with Gasteiger partial charge < -0.3 is 14.4 Å². The Kier molecular flexibility index (Phi) is 5.88. The zero-order valence-corrected chi connectivity index (χ0v) is 18.9. The number of hydrogen-bond donors (Lipinski definition) is 0. The van der Waals surface area contributed by atoms with Crippen molar-refractivity contribution in [3.63, 3.8) is 0 Å².